The molecule has 0 bridgehead atoms. The molecule has 4 heterocycles. The molecular formula is C24H26F3N5O5S. The molecule has 14 heteroatoms. The zero-order chi connectivity index (χ0) is 27.3. The van der Waals surface area contributed by atoms with Crippen molar-refractivity contribution in [2.45, 2.75) is 48.8 Å². The second-order valence-corrected chi connectivity index (χ2v) is 10.5. The fourth-order valence-corrected chi connectivity index (χ4v) is 5.74. The molecule has 1 atom stereocenters. The van der Waals surface area contributed by atoms with Crippen LogP contribution >= 0.6 is 0 Å². The first-order valence-corrected chi connectivity index (χ1v) is 13.4. The van der Waals surface area contributed by atoms with Crippen LogP contribution in [0.15, 0.2) is 53.9 Å². The monoisotopic (exact) mass is 553 g/mol. The standard InChI is InChI=1S/C22H25N5O3S.C2HF3O2/c28-31(29,26-21-6-9-23-15-25-21)18-3-4-19-16(14-18)5-10-24-22(19)20-2-1-11-27(20)17-7-12-30-13-8-17;3-2(4,5)1(6)7/h3-6,9-10,14-15,17,20H,1-2,7-8,11-13H2,(H,23,25,26);(H,6,7). The third-order valence-corrected chi connectivity index (χ3v) is 7.76. The average Bonchev–Trinajstić information content (AvgIpc) is 3.38. The van der Waals surface area contributed by atoms with Gasteiger partial charge in [-0.15, -0.1) is 0 Å². The topological polar surface area (TPSA) is 135 Å². The number of ether oxygens (including phenoxy) is 1. The summed E-state index contributed by atoms with van der Waals surface area (Å²) in [7, 11) is -3.75. The molecule has 10 nitrogen and oxygen atoms in total. The Morgan fingerprint density at radius 1 is 1.08 bits per heavy atom. The van der Waals surface area contributed by atoms with Crippen LogP contribution in [0.4, 0.5) is 19.0 Å². The van der Waals surface area contributed by atoms with E-state index in [1.54, 1.807) is 18.3 Å². The molecule has 2 fully saturated rings. The molecular weight excluding hydrogens is 527 g/mol. The summed E-state index contributed by atoms with van der Waals surface area (Å²) >= 11 is 0. The normalized spacial score (nSPS) is 19.1. The van der Waals surface area contributed by atoms with Gasteiger partial charge in [-0.05, 0) is 61.9 Å². The number of hydrogen-bond donors (Lipinski definition) is 2. The van der Waals surface area contributed by atoms with Crippen LogP contribution in [-0.2, 0) is 19.6 Å². The third-order valence-electron chi connectivity index (χ3n) is 6.41. The summed E-state index contributed by atoms with van der Waals surface area (Å²) in [6.45, 7) is 2.71. The van der Waals surface area contributed by atoms with E-state index >= 15 is 0 Å². The third kappa shape index (κ3) is 6.55. The van der Waals surface area contributed by atoms with Gasteiger partial charge in [0.2, 0.25) is 0 Å². The van der Waals surface area contributed by atoms with Crippen LogP contribution in [0.3, 0.4) is 0 Å². The Morgan fingerprint density at radius 3 is 2.47 bits per heavy atom. The lowest BCUT2D eigenvalue weighted by Gasteiger charge is -2.35. The maximum atomic E-state index is 12.8. The summed E-state index contributed by atoms with van der Waals surface area (Å²) in [5, 5.41) is 9.00. The fraction of sp³-hybridized carbons (Fsp3) is 0.417. The van der Waals surface area contributed by atoms with E-state index in [1.807, 2.05) is 12.1 Å². The van der Waals surface area contributed by atoms with Crippen molar-refractivity contribution < 1.29 is 36.2 Å². The van der Waals surface area contributed by atoms with E-state index in [1.165, 1.54) is 18.6 Å². The lowest BCUT2D eigenvalue weighted by Crippen LogP contribution is -2.39. The van der Waals surface area contributed by atoms with Gasteiger partial charge in [0.1, 0.15) is 12.1 Å². The number of pyridine rings is 1. The summed E-state index contributed by atoms with van der Waals surface area (Å²) in [4.78, 5) is 24.2. The molecule has 2 saturated heterocycles. The number of anilines is 1. The van der Waals surface area contributed by atoms with Crippen LogP contribution in [0.5, 0.6) is 0 Å². The highest BCUT2D eigenvalue weighted by Crippen LogP contribution is 2.38. The number of sulfonamides is 1. The van der Waals surface area contributed by atoms with E-state index in [-0.39, 0.29) is 16.8 Å². The number of benzene rings is 1. The van der Waals surface area contributed by atoms with Crippen LogP contribution in [-0.4, -0.2) is 71.3 Å². The zero-order valence-corrected chi connectivity index (χ0v) is 21.0. The molecule has 0 aliphatic carbocycles. The molecule has 3 aromatic rings. The number of fused-ring (bicyclic) bond motifs is 1. The summed E-state index contributed by atoms with van der Waals surface area (Å²) in [6.07, 6.45) is 3.83. The highest BCUT2D eigenvalue weighted by molar-refractivity contribution is 7.92. The number of nitrogens with one attached hydrogen (secondary N) is 1. The van der Waals surface area contributed by atoms with E-state index in [4.69, 9.17) is 19.6 Å². The minimum atomic E-state index is -5.08. The van der Waals surface area contributed by atoms with E-state index in [9.17, 15) is 21.6 Å². The molecule has 38 heavy (non-hydrogen) atoms. The number of likely N-dealkylation sites (tertiary alicyclic amines) is 1. The first-order chi connectivity index (χ1) is 18.1. The van der Waals surface area contributed by atoms with Crippen LogP contribution < -0.4 is 4.72 Å². The van der Waals surface area contributed by atoms with Crippen LogP contribution in [0.2, 0.25) is 0 Å². The summed E-state index contributed by atoms with van der Waals surface area (Å²) < 4.78 is 65.5. The minimum absolute atomic E-state index is 0.198. The van der Waals surface area contributed by atoms with Crippen LogP contribution in [0.1, 0.15) is 37.4 Å². The van der Waals surface area contributed by atoms with Crippen molar-refractivity contribution in [3.05, 3.63) is 54.7 Å². The van der Waals surface area contributed by atoms with E-state index < -0.39 is 22.2 Å². The van der Waals surface area contributed by atoms with Crippen LogP contribution in [0, 0.1) is 0 Å². The molecule has 0 saturated carbocycles. The second kappa shape index (κ2) is 11.6. The quantitative estimate of drug-likeness (QED) is 0.484. The number of carboxylic acid groups (broad SMARTS) is 1. The number of aliphatic carboxylic acids is 1. The van der Waals surface area contributed by atoms with Crippen molar-refractivity contribution in [2.75, 3.05) is 24.5 Å². The molecule has 0 radical (unpaired) electrons. The number of alkyl halides is 3. The SMILES string of the molecule is O=C(O)C(F)(F)F.O=S(=O)(Nc1ccncn1)c1ccc2c(C3CCCN3C3CCOCC3)nccc2c1. The lowest BCUT2D eigenvalue weighted by molar-refractivity contribution is -0.192. The number of carboxylic acids is 1. The van der Waals surface area contributed by atoms with Gasteiger partial charge in [0.05, 0.1) is 16.6 Å². The molecule has 2 aliphatic heterocycles. The van der Waals surface area contributed by atoms with Gasteiger partial charge in [0.15, 0.2) is 0 Å². The predicted molar refractivity (Wildman–Crippen MR) is 131 cm³/mol. The number of nitrogens with zero attached hydrogens (tertiary/aromatic N) is 4. The highest BCUT2D eigenvalue weighted by Gasteiger charge is 2.38. The molecule has 2 aromatic heterocycles. The van der Waals surface area contributed by atoms with Crippen molar-refractivity contribution in [1.82, 2.24) is 19.9 Å². The van der Waals surface area contributed by atoms with Gasteiger partial charge in [-0.3, -0.25) is 14.6 Å². The number of aromatic nitrogens is 3. The smallest absolute Gasteiger partial charge is 0.475 e. The Hall–Kier alpha value is -3.36. The number of carbonyl (C=O) groups is 1. The van der Waals surface area contributed by atoms with Crippen molar-refractivity contribution in [3.63, 3.8) is 0 Å². The second-order valence-electron chi connectivity index (χ2n) is 8.82. The minimum Gasteiger partial charge on any atom is -0.475 e. The molecule has 1 aromatic carbocycles. The molecule has 5 rings (SSSR count). The van der Waals surface area contributed by atoms with Crippen molar-refractivity contribution >= 4 is 32.6 Å². The average molecular weight is 554 g/mol. The Bertz CT molecular complexity index is 1370. The van der Waals surface area contributed by atoms with Gasteiger partial charge in [-0.25, -0.2) is 23.2 Å². The number of hydrogen-bond acceptors (Lipinski definition) is 8. The first-order valence-electron chi connectivity index (χ1n) is 11.9. The Morgan fingerprint density at radius 2 is 1.82 bits per heavy atom. The summed E-state index contributed by atoms with van der Waals surface area (Å²) in [5.74, 6) is -2.52. The fourth-order valence-electron chi connectivity index (χ4n) is 4.70. The molecule has 2 N–H and O–H groups in total. The molecule has 0 spiro atoms. The lowest BCUT2D eigenvalue weighted by atomic mass is 10.0. The molecule has 1 unspecified atom stereocenters. The summed E-state index contributed by atoms with van der Waals surface area (Å²) in [6, 6.07) is 9.40. The van der Waals surface area contributed by atoms with E-state index in [0.29, 0.717) is 6.04 Å². The van der Waals surface area contributed by atoms with Crippen molar-refractivity contribution in [2.24, 2.45) is 0 Å². The van der Waals surface area contributed by atoms with Crippen molar-refractivity contribution in [3.8, 4) is 0 Å². The Balaban J connectivity index is 0.000000426. The molecule has 2 aliphatic rings. The van der Waals surface area contributed by atoms with E-state index in [0.717, 1.165) is 61.9 Å². The maximum absolute atomic E-state index is 12.8. The molecule has 204 valence electrons. The predicted octanol–water partition coefficient (Wildman–Crippen LogP) is 3.77. The summed E-state index contributed by atoms with van der Waals surface area (Å²) in [5.41, 5.74) is 1.04. The van der Waals surface area contributed by atoms with Gasteiger partial charge < -0.3 is 9.84 Å². The highest BCUT2D eigenvalue weighted by atomic mass is 32.2. The van der Waals surface area contributed by atoms with Crippen LogP contribution in [0.25, 0.3) is 10.8 Å². The first kappa shape index (κ1) is 27.7. The van der Waals surface area contributed by atoms with Gasteiger partial charge in [0.25, 0.3) is 10.0 Å². The van der Waals surface area contributed by atoms with Gasteiger partial charge in [0, 0.05) is 37.0 Å². The van der Waals surface area contributed by atoms with Gasteiger partial charge in [-0.1, -0.05) is 6.07 Å². The maximum Gasteiger partial charge on any atom is 0.490 e. The largest absolute Gasteiger partial charge is 0.490 e. The Kier molecular flexibility index (Phi) is 8.43. The van der Waals surface area contributed by atoms with Gasteiger partial charge in [-0.2, -0.15) is 13.2 Å². The number of rotatable bonds is 5. The Labute approximate surface area is 216 Å². The zero-order valence-electron chi connectivity index (χ0n) is 20.1. The molecule has 0 amide bonds. The number of halogens is 3. The van der Waals surface area contributed by atoms with E-state index in [2.05, 4.69) is 19.6 Å². The van der Waals surface area contributed by atoms with Crippen molar-refractivity contribution in [1.29, 1.82) is 0 Å². The van der Waals surface area contributed by atoms with Gasteiger partial charge >= 0.3 is 12.1 Å².